The first-order valence-corrected chi connectivity index (χ1v) is 11.9. The number of hydrogen-bond acceptors (Lipinski definition) is 6. The van der Waals surface area contributed by atoms with Crippen molar-refractivity contribution >= 4 is 23.5 Å². The van der Waals surface area contributed by atoms with E-state index in [1.54, 1.807) is 6.08 Å². The Labute approximate surface area is 174 Å². The Morgan fingerprint density at radius 3 is 2.46 bits per heavy atom. The summed E-state index contributed by atoms with van der Waals surface area (Å²) in [5, 5.41) is 21.9. The molecule has 1 rings (SSSR count). The molecule has 28 heavy (non-hydrogen) atoms. The average molecular weight is 415 g/mol. The number of methoxy groups -OCH3 is 1. The van der Waals surface area contributed by atoms with Gasteiger partial charge in [0.1, 0.15) is 0 Å². The molecule has 0 fully saturated rings. The number of unbranched alkanes of at least 4 members (excludes halogenated alkanes) is 7. The van der Waals surface area contributed by atoms with E-state index in [0.29, 0.717) is 37.0 Å². The number of esters is 1. The molecule has 0 amide bonds. The lowest BCUT2D eigenvalue weighted by Gasteiger charge is -2.31. The lowest BCUT2D eigenvalue weighted by Crippen LogP contribution is -2.43. The summed E-state index contributed by atoms with van der Waals surface area (Å²) in [6.45, 7) is 2.18. The Morgan fingerprint density at radius 2 is 1.82 bits per heavy atom. The molecule has 0 heterocycles. The zero-order valence-electron chi connectivity index (χ0n) is 17.7. The van der Waals surface area contributed by atoms with Gasteiger partial charge in [0, 0.05) is 11.3 Å². The van der Waals surface area contributed by atoms with Crippen LogP contribution >= 0.6 is 11.8 Å². The van der Waals surface area contributed by atoms with E-state index < -0.39 is 17.6 Å². The lowest BCUT2D eigenvalue weighted by atomic mass is 9.80. The third-order valence-electron chi connectivity index (χ3n) is 5.59. The number of aliphatic hydroxyl groups excluding tert-OH is 1. The first-order valence-electron chi connectivity index (χ1n) is 10.7. The van der Waals surface area contributed by atoms with E-state index in [2.05, 4.69) is 11.7 Å². The van der Waals surface area contributed by atoms with Gasteiger partial charge in [-0.1, -0.05) is 58.3 Å². The van der Waals surface area contributed by atoms with Crippen molar-refractivity contribution in [2.24, 2.45) is 5.92 Å². The van der Waals surface area contributed by atoms with Crippen LogP contribution in [0.4, 0.5) is 0 Å². The number of allylic oxidation sites excluding steroid dienone is 1. The van der Waals surface area contributed by atoms with Crippen LogP contribution in [-0.2, 0) is 14.3 Å². The van der Waals surface area contributed by atoms with Crippen molar-refractivity contribution in [2.45, 2.75) is 95.7 Å². The number of Topliss-reactive ketones (excluding diaryl/α,β-unsaturated/α-hetero) is 1. The van der Waals surface area contributed by atoms with E-state index >= 15 is 0 Å². The van der Waals surface area contributed by atoms with Gasteiger partial charge in [0.15, 0.2) is 5.78 Å². The molecule has 0 aromatic heterocycles. The molecule has 0 aliphatic heterocycles. The number of hydrogen-bond donors (Lipinski definition) is 2. The molecule has 1 aliphatic carbocycles. The van der Waals surface area contributed by atoms with E-state index in [1.807, 2.05) is 6.26 Å². The van der Waals surface area contributed by atoms with Crippen molar-refractivity contribution in [3.63, 3.8) is 0 Å². The Balaban J connectivity index is 2.54. The third kappa shape index (κ3) is 7.88. The average Bonchev–Trinajstić information content (AvgIpc) is 2.94. The smallest absolute Gasteiger partial charge is 0.305 e. The van der Waals surface area contributed by atoms with E-state index in [1.165, 1.54) is 38.1 Å². The molecule has 0 saturated heterocycles. The largest absolute Gasteiger partial charge is 0.469 e. The Hall–Kier alpha value is -0.850. The van der Waals surface area contributed by atoms with Gasteiger partial charge in [0.2, 0.25) is 0 Å². The quantitative estimate of drug-likeness (QED) is 0.305. The second-order valence-electron chi connectivity index (χ2n) is 7.81. The molecule has 162 valence electrons. The predicted molar refractivity (Wildman–Crippen MR) is 114 cm³/mol. The van der Waals surface area contributed by atoms with Crippen molar-refractivity contribution in [2.75, 3.05) is 13.4 Å². The molecule has 0 saturated carbocycles. The number of thioether (sulfide) groups is 1. The van der Waals surface area contributed by atoms with Crippen molar-refractivity contribution < 1.29 is 24.5 Å². The number of carbonyl (C=O) groups excluding carboxylic acids is 2. The molecule has 3 unspecified atom stereocenters. The molecule has 0 aromatic carbocycles. The minimum atomic E-state index is -1.24. The molecule has 0 bridgehead atoms. The van der Waals surface area contributed by atoms with E-state index in [0.717, 1.165) is 25.7 Å². The standard InChI is InChI=1S/C22H38O5S/c1-4-5-6-7-8-12-15-22(26)16-18(28-3)21(25)20(22)17(23)13-10-9-11-14-19(24)27-2/h16-17,20,23,26H,4-15H2,1-3H3. The van der Waals surface area contributed by atoms with Crippen LogP contribution in [0, 0.1) is 5.92 Å². The summed E-state index contributed by atoms with van der Waals surface area (Å²) in [4.78, 5) is 24.4. The van der Waals surface area contributed by atoms with Crippen LogP contribution in [0.1, 0.15) is 84.0 Å². The molecule has 0 radical (unpaired) electrons. The molecule has 1 aliphatic rings. The number of aliphatic hydroxyl groups is 2. The lowest BCUT2D eigenvalue weighted by molar-refractivity contribution is -0.140. The minimum Gasteiger partial charge on any atom is -0.469 e. The first-order chi connectivity index (χ1) is 13.4. The summed E-state index contributed by atoms with van der Waals surface area (Å²) in [6, 6.07) is 0. The first kappa shape index (κ1) is 25.2. The summed E-state index contributed by atoms with van der Waals surface area (Å²) in [6.07, 6.45) is 12.8. The number of ether oxygens (including phenoxy) is 1. The number of carbonyl (C=O) groups is 2. The van der Waals surface area contributed by atoms with Crippen LogP contribution in [0.5, 0.6) is 0 Å². The molecule has 5 nitrogen and oxygen atoms in total. The van der Waals surface area contributed by atoms with Crippen LogP contribution in [-0.4, -0.2) is 47.0 Å². The predicted octanol–water partition coefficient (Wildman–Crippen LogP) is 4.40. The maximum atomic E-state index is 12.7. The van der Waals surface area contributed by atoms with Crippen LogP contribution in [0.25, 0.3) is 0 Å². The van der Waals surface area contributed by atoms with E-state index in [-0.39, 0.29) is 11.8 Å². The minimum absolute atomic E-state index is 0.136. The van der Waals surface area contributed by atoms with Crippen LogP contribution in [0.2, 0.25) is 0 Å². The highest BCUT2D eigenvalue weighted by Crippen LogP contribution is 2.41. The van der Waals surface area contributed by atoms with Gasteiger partial charge in [-0.3, -0.25) is 9.59 Å². The van der Waals surface area contributed by atoms with Crippen molar-refractivity contribution in [3.8, 4) is 0 Å². The van der Waals surface area contributed by atoms with Gasteiger partial charge in [-0.25, -0.2) is 0 Å². The summed E-state index contributed by atoms with van der Waals surface area (Å²) < 4.78 is 4.62. The van der Waals surface area contributed by atoms with Gasteiger partial charge >= 0.3 is 5.97 Å². The van der Waals surface area contributed by atoms with Gasteiger partial charge in [0.25, 0.3) is 0 Å². The molecule has 3 atom stereocenters. The van der Waals surface area contributed by atoms with Crippen molar-refractivity contribution in [1.29, 1.82) is 0 Å². The highest BCUT2D eigenvalue weighted by molar-refractivity contribution is 8.03. The number of rotatable bonds is 15. The monoisotopic (exact) mass is 414 g/mol. The Kier molecular flexibility index (Phi) is 12.0. The van der Waals surface area contributed by atoms with Crippen LogP contribution in [0.15, 0.2) is 11.0 Å². The van der Waals surface area contributed by atoms with Gasteiger partial charge in [0.05, 0.1) is 24.7 Å². The van der Waals surface area contributed by atoms with Crippen molar-refractivity contribution in [1.82, 2.24) is 0 Å². The summed E-state index contributed by atoms with van der Waals surface area (Å²) in [5.41, 5.74) is -1.24. The maximum absolute atomic E-state index is 12.7. The molecular formula is C22H38O5S. The Morgan fingerprint density at radius 1 is 1.18 bits per heavy atom. The zero-order valence-corrected chi connectivity index (χ0v) is 18.6. The van der Waals surface area contributed by atoms with E-state index in [9.17, 15) is 19.8 Å². The summed E-state index contributed by atoms with van der Waals surface area (Å²) in [7, 11) is 1.37. The molecule has 2 N–H and O–H groups in total. The van der Waals surface area contributed by atoms with Crippen molar-refractivity contribution in [3.05, 3.63) is 11.0 Å². The van der Waals surface area contributed by atoms with Gasteiger partial charge in [-0.2, -0.15) is 0 Å². The van der Waals surface area contributed by atoms with Crippen LogP contribution < -0.4 is 0 Å². The fraction of sp³-hybridized carbons (Fsp3) is 0.818. The summed E-state index contributed by atoms with van der Waals surface area (Å²) >= 11 is 1.34. The second kappa shape index (κ2) is 13.4. The van der Waals surface area contributed by atoms with E-state index in [4.69, 9.17) is 0 Å². The normalized spacial score (nSPS) is 23.0. The summed E-state index contributed by atoms with van der Waals surface area (Å²) in [5.74, 6) is -1.14. The maximum Gasteiger partial charge on any atom is 0.305 e. The van der Waals surface area contributed by atoms with Crippen LogP contribution in [0.3, 0.4) is 0 Å². The molecular weight excluding hydrogens is 376 g/mol. The SMILES string of the molecule is CCCCCCCCC1(O)C=C(SC)C(=O)C1C(O)CCCCCC(=O)OC. The van der Waals surface area contributed by atoms with Gasteiger partial charge < -0.3 is 14.9 Å². The Bertz CT molecular complexity index is 519. The molecule has 0 spiro atoms. The molecule has 0 aromatic rings. The highest BCUT2D eigenvalue weighted by atomic mass is 32.2. The molecule has 6 heteroatoms. The number of ketones is 1. The highest BCUT2D eigenvalue weighted by Gasteiger charge is 2.49. The topological polar surface area (TPSA) is 83.8 Å². The fourth-order valence-electron chi connectivity index (χ4n) is 3.92. The van der Waals surface area contributed by atoms with Gasteiger partial charge in [-0.15, -0.1) is 11.8 Å². The second-order valence-corrected chi connectivity index (χ2v) is 8.65. The third-order valence-corrected chi connectivity index (χ3v) is 6.35. The zero-order chi connectivity index (χ0) is 21.0. The fourth-order valence-corrected chi connectivity index (χ4v) is 4.57. The van der Waals surface area contributed by atoms with Gasteiger partial charge in [-0.05, 0) is 31.6 Å².